The monoisotopic (exact) mass is 307 g/mol. The highest BCUT2D eigenvalue weighted by molar-refractivity contribution is 8.00. The standard InChI is InChI=1S/C16H15F2NOS/c1-11-2-4-15(5-3-11)21-10-16(20)19-9-12-6-13(17)8-14(18)7-12/h2-8H,9-10H2,1H3,(H,19,20). The number of nitrogens with one attached hydrogen (secondary N) is 1. The van der Waals surface area contributed by atoms with Crippen LogP contribution in [0.3, 0.4) is 0 Å². The number of carbonyl (C=O) groups excluding carboxylic acids is 1. The van der Waals surface area contributed by atoms with Crippen LogP contribution in [0.4, 0.5) is 8.78 Å². The summed E-state index contributed by atoms with van der Waals surface area (Å²) in [5.41, 5.74) is 1.57. The molecule has 0 aromatic heterocycles. The first-order valence-electron chi connectivity index (χ1n) is 6.44. The fraction of sp³-hybridized carbons (Fsp3) is 0.188. The molecule has 2 aromatic rings. The molecule has 5 heteroatoms. The molecule has 0 fully saturated rings. The van der Waals surface area contributed by atoms with Gasteiger partial charge in [-0.15, -0.1) is 11.8 Å². The Morgan fingerprint density at radius 3 is 2.33 bits per heavy atom. The molecule has 0 unspecified atom stereocenters. The lowest BCUT2D eigenvalue weighted by molar-refractivity contribution is -0.118. The van der Waals surface area contributed by atoms with Crippen molar-refractivity contribution < 1.29 is 13.6 Å². The molecule has 0 heterocycles. The molecule has 0 atom stereocenters. The lowest BCUT2D eigenvalue weighted by atomic mass is 10.2. The Labute approximate surface area is 126 Å². The lowest BCUT2D eigenvalue weighted by Crippen LogP contribution is -2.24. The number of thioether (sulfide) groups is 1. The highest BCUT2D eigenvalue weighted by Gasteiger charge is 2.05. The predicted molar refractivity (Wildman–Crippen MR) is 80.1 cm³/mol. The molecule has 0 aliphatic carbocycles. The van der Waals surface area contributed by atoms with Gasteiger partial charge in [0.1, 0.15) is 11.6 Å². The summed E-state index contributed by atoms with van der Waals surface area (Å²) in [5.74, 6) is -1.20. The molecule has 0 bridgehead atoms. The minimum absolute atomic E-state index is 0.113. The number of benzene rings is 2. The van der Waals surface area contributed by atoms with Crippen molar-refractivity contribution in [1.29, 1.82) is 0 Å². The molecule has 0 aliphatic rings. The third-order valence-corrected chi connectivity index (χ3v) is 3.81. The first-order valence-corrected chi connectivity index (χ1v) is 7.42. The first-order chi connectivity index (χ1) is 10.0. The van der Waals surface area contributed by atoms with Gasteiger partial charge in [0, 0.05) is 17.5 Å². The van der Waals surface area contributed by atoms with Crippen molar-refractivity contribution in [2.45, 2.75) is 18.4 Å². The van der Waals surface area contributed by atoms with E-state index in [1.807, 2.05) is 31.2 Å². The average molecular weight is 307 g/mol. The quantitative estimate of drug-likeness (QED) is 0.854. The molecule has 2 rings (SSSR count). The normalized spacial score (nSPS) is 10.4. The van der Waals surface area contributed by atoms with Gasteiger partial charge in [-0.25, -0.2) is 8.78 Å². The van der Waals surface area contributed by atoms with E-state index in [-0.39, 0.29) is 18.2 Å². The Hall–Kier alpha value is -1.88. The summed E-state index contributed by atoms with van der Waals surface area (Å²) in [4.78, 5) is 12.7. The predicted octanol–water partition coefficient (Wildman–Crippen LogP) is 3.68. The van der Waals surface area contributed by atoms with Crippen LogP contribution in [0.5, 0.6) is 0 Å². The highest BCUT2D eigenvalue weighted by atomic mass is 32.2. The van der Waals surface area contributed by atoms with Gasteiger partial charge in [0.2, 0.25) is 5.91 Å². The molecule has 21 heavy (non-hydrogen) atoms. The maximum Gasteiger partial charge on any atom is 0.230 e. The highest BCUT2D eigenvalue weighted by Crippen LogP contribution is 2.17. The summed E-state index contributed by atoms with van der Waals surface area (Å²) in [6.45, 7) is 2.11. The second-order valence-corrected chi connectivity index (χ2v) is 5.70. The summed E-state index contributed by atoms with van der Waals surface area (Å²) >= 11 is 1.42. The zero-order chi connectivity index (χ0) is 15.2. The Bertz CT molecular complexity index is 608. The van der Waals surface area contributed by atoms with Crippen LogP contribution in [0, 0.1) is 18.6 Å². The molecular formula is C16H15F2NOS. The second kappa shape index (κ2) is 7.22. The molecule has 0 aliphatic heterocycles. The van der Waals surface area contributed by atoms with Gasteiger partial charge in [0.25, 0.3) is 0 Å². The van der Waals surface area contributed by atoms with Crippen LogP contribution in [-0.4, -0.2) is 11.7 Å². The summed E-state index contributed by atoms with van der Waals surface area (Å²) in [7, 11) is 0. The van der Waals surface area contributed by atoms with E-state index < -0.39 is 11.6 Å². The van der Waals surface area contributed by atoms with Crippen LogP contribution in [0.15, 0.2) is 47.4 Å². The summed E-state index contributed by atoms with van der Waals surface area (Å²) in [6.07, 6.45) is 0. The van der Waals surface area contributed by atoms with Crippen molar-refractivity contribution in [3.05, 3.63) is 65.2 Å². The Balaban J connectivity index is 1.80. The number of amides is 1. The fourth-order valence-electron chi connectivity index (χ4n) is 1.75. The van der Waals surface area contributed by atoms with Crippen molar-refractivity contribution in [2.24, 2.45) is 0 Å². The van der Waals surface area contributed by atoms with E-state index in [4.69, 9.17) is 0 Å². The molecule has 0 radical (unpaired) electrons. The summed E-state index contributed by atoms with van der Waals surface area (Å²) in [6, 6.07) is 11.1. The largest absolute Gasteiger partial charge is 0.351 e. The van der Waals surface area contributed by atoms with Gasteiger partial charge in [-0.3, -0.25) is 4.79 Å². The van der Waals surface area contributed by atoms with Crippen molar-refractivity contribution in [1.82, 2.24) is 5.32 Å². The zero-order valence-corrected chi connectivity index (χ0v) is 12.3. The lowest BCUT2D eigenvalue weighted by Gasteiger charge is -2.06. The number of hydrogen-bond donors (Lipinski definition) is 1. The number of aryl methyl sites for hydroxylation is 1. The maximum atomic E-state index is 13.0. The van der Waals surface area contributed by atoms with Crippen molar-refractivity contribution >= 4 is 17.7 Å². The average Bonchev–Trinajstić information content (AvgIpc) is 2.43. The maximum absolute atomic E-state index is 13.0. The van der Waals surface area contributed by atoms with E-state index in [0.29, 0.717) is 5.56 Å². The number of rotatable bonds is 5. The fourth-order valence-corrected chi connectivity index (χ4v) is 2.48. The molecule has 1 N–H and O–H groups in total. The van der Waals surface area contributed by atoms with Crippen LogP contribution in [-0.2, 0) is 11.3 Å². The van der Waals surface area contributed by atoms with E-state index in [2.05, 4.69) is 5.32 Å². The number of halogens is 2. The minimum Gasteiger partial charge on any atom is -0.351 e. The molecule has 0 saturated heterocycles. The molecule has 1 amide bonds. The SMILES string of the molecule is Cc1ccc(SCC(=O)NCc2cc(F)cc(F)c2)cc1. The summed E-state index contributed by atoms with van der Waals surface area (Å²) < 4.78 is 26.0. The smallest absolute Gasteiger partial charge is 0.230 e. The number of hydrogen-bond acceptors (Lipinski definition) is 2. The molecule has 2 nitrogen and oxygen atoms in total. The number of carbonyl (C=O) groups is 1. The van der Waals surface area contributed by atoms with Crippen LogP contribution in [0.2, 0.25) is 0 Å². The van der Waals surface area contributed by atoms with Crippen LogP contribution >= 0.6 is 11.8 Å². The molecule has 2 aromatic carbocycles. The van der Waals surface area contributed by atoms with E-state index in [9.17, 15) is 13.6 Å². The van der Waals surface area contributed by atoms with Gasteiger partial charge in [-0.2, -0.15) is 0 Å². The Morgan fingerprint density at radius 2 is 1.71 bits per heavy atom. The molecule has 0 saturated carbocycles. The third-order valence-electron chi connectivity index (χ3n) is 2.80. The Morgan fingerprint density at radius 1 is 1.10 bits per heavy atom. The third kappa shape index (κ3) is 5.19. The van der Waals surface area contributed by atoms with E-state index in [1.54, 1.807) is 0 Å². The molecular weight excluding hydrogens is 292 g/mol. The minimum atomic E-state index is -0.645. The van der Waals surface area contributed by atoms with Gasteiger partial charge in [0.15, 0.2) is 0 Å². The van der Waals surface area contributed by atoms with Crippen molar-refractivity contribution in [2.75, 3.05) is 5.75 Å². The van der Waals surface area contributed by atoms with Gasteiger partial charge in [-0.1, -0.05) is 17.7 Å². The van der Waals surface area contributed by atoms with Gasteiger partial charge >= 0.3 is 0 Å². The van der Waals surface area contributed by atoms with Gasteiger partial charge < -0.3 is 5.32 Å². The molecule has 110 valence electrons. The van der Waals surface area contributed by atoms with Crippen LogP contribution in [0.25, 0.3) is 0 Å². The first kappa shape index (κ1) is 15.5. The topological polar surface area (TPSA) is 29.1 Å². The van der Waals surface area contributed by atoms with E-state index >= 15 is 0 Å². The van der Waals surface area contributed by atoms with Crippen LogP contribution in [0.1, 0.15) is 11.1 Å². The van der Waals surface area contributed by atoms with E-state index in [0.717, 1.165) is 16.5 Å². The van der Waals surface area contributed by atoms with E-state index in [1.165, 1.54) is 23.9 Å². The Kier molecular flexibility index (Phi) is 5.33. The zero-order valence-electron chi connectivity index (χ0n) is 11.5. The van der Waals surface area contributed by atoms with Crippen molar-refractivity contribution in [3.63, 3.8) is 0 Å². The van der Waals surface area contributed by atoms with Crippen LogP contribution < -0.4 is 5.32 Å². The summed E-state index contributed by atoms with van der Waals surface area (Å²) in [5, 5.41) is 2.64. The second-order valence-electron chi connectivity index (χ2n) is 4.66. The van der Waals surface area contributed by atoms with Gasteiger partial charge in [-0.05, 0) is 36.8 Å². The molecule has 0 spiro atoms. The van der Waals surface area contributed by atoms with Gasteiger partial charge in [0.05, 0.1) is 5.75 Å². The van der Waals surface area contributed by atoms with Crippen molar-refractivity contribution in [3.8, 4) is 0 Å².